The molecule has 0 aliphatic heterocycles. The van der Waals surface area contributed by atoms with Gasteiger partial charge in [-0.3, -0.25) is 0 Å². The minimum Gasteiger partial charge on any atom is -0.309 e. The van der Waals surface area contributed by atoms with E-state index in [-0.39, 0.29) is 0 Å². The molecule has 2 heteroatoms. The molecule has 0 aliphatic rings. The zero-order valence-corrected chi connectivity index (χ0v) is 27.4. The number of hydrogen-bond acceptors (Lipinski definition) is 0. The van der Waals surface area contributed by atoms with Crippen molar-refractivity contribution in [2.45, 2.75) is 0 Å². The van der Waals surface area contributed by atoms with Crippen molar-refractivity contribution >= 4 is 43.6 Å². The SMILES string of the molecule is c1ccc(-c2ccc3c(c2)c2ccccc2n3-c2ccccc2-c2ccccc2-c2cccc3c4ccccc4n(-c4ccccc4)c23)cc1. The fourth-order valence-electron chi connectivity index (χ4n) is 7.97. The van der Waals surface area contributed by atoms with E-state index in [1.54, 1.807) is 0 Å². The molecule has 0 N–H and O–H groups in total. The number of para-hydroxylation sites is 5. The van der Waals surface area contributed by atoms with Gasteiger partial charge in [-0.15, -0.1) is 0 Å². The monoisotopic (exact) mass is 636 g/mol. The third-order valence-electron chi connectivity index (χ3n) is 10.1. The fraction of sp³-hybridized carbons (Fsp3) is 0. The van der Waals surface area contributed by atoms with E-state index in [0.29, 0.717) is 0 Å². The van der Waals surface area contributed by atoms with Gasteiger partial charge in [0, 0.05) is 38.4 Å². The fourth-order valence-corrected chi connectivity index (χ4v) is 7.97. The number of hydrogen-bond donors (Lipinski definition) is 0. The Hall–Kier alpha value is -6.64. The van der Waals surface area contributed by atoms with Crippen LogP contribution in [0.1, 0.15) is 0 Å². The Labute approximate surface area is 290 Å². The largest absolute Gasteiger partial charge is 0.309 e. The molecule has 0 radical (unpaired) electrons. The normalized spacial score (nSPS) is 11.6. The van der Waals surface area contributed by atoms with Crippen molar-refractivity contribution in [1.29, 1.82) is 0 Å². The third kappa shape index (κ3) is 4.36. The van der Waals surface area contributed by atoms with E-state index in [2.05, 4.69) is 203 Å². The Kier molecular flexibility index (Phi) is 6.53. The Morgan fingerprint density at radius 1 is 0.280 bits per heavy atom. The first-order valence-corrected chi connectivity index (χ1v) is 17.2. The van der Waals surface area contributed by atoms with E-state index >= 15 is 0 Å². The molecule has 0 fully saturated rings. The Morgan fingerprint density at radius 3 is 1.56 bits per heavy atom. The van der Waals surface area contributed by atoms with Gasteiger partial charge < -0.3 is 9.13 Å². The molecule has 2 aromatic heterocycles. The first-order valence-electron chi connectivity index (χ1n) is 17.2. The van der Waals surface area contributed by atoms with Crippen LogP contribution < -0.4 is 0 Å². The molecule has 0 unspecified atom stereocenters. The smallest absolute Gasteiger partial charge is 0.0619 e. The predicted molar refractivity (Wildman–Crippen MR) is 211 cm³/mol. The molecule has 10 rings (SSSR count). The van der Waals surface area contributed by atoms with Gasteiger partial charge in [-0.05, 0) is 64.7 Å². The molecule has 234 valence electrons. The topological polar surface area (TPSA) is 9.86 Å². The molecule has 0 spiro atoms. The molecule has 0 saturated heterocycles. The zero-order valence-electron chi connectivity index (χ0n) is 27.4. The summed E-state index contributed by atoms with van der Waals surface area (Å²) in [5.74, 6) is 0. The Balaban J connectivity index is 1.24. The molecule has 0 atom stereocenters. The van der Waals surface area contributed by atoms with Gasteiger partial charge in [0.2, 0.25) is 0 Å². The molecule has 0 bridgehead atoms. The molecule has 2 nitrogen and oxygen atoms in total. The maximum Gasteiger partial charge on any atom is 0.0619 e. The van der Waals surface area contributed by atoms with Crippen molar-refractivity contribution in [2.75, 3.05) is 0 Å². The summed E-state index contributed by atoms with van der Waals surface area (Å²) < 4.78 is 4.88. The van der Waals surface area contributed by atoms with E-state index in [1.807, 2.05) is 0 Å². The predicted octanol–water partition coefficient (Wildman–Crippen LogP) is 12.9. The van der Waals surface area contributed by atoms with Crippen LogP contribution in [0, 0.1) is 0 Å². The highest BCUT2D eigenvalue weighted by Gasteiger charge is 2.21. The van der Waals surface area contributed by atoms with E-state index in [1.165, 1.54) is 77.0 Å². The molecule has 8 aromatic carbocycles. The summed E-state index contributed by atoms with van der Waals surface area (Å²) in [6.45, 7) is 0. The molecule has 10 aromatic rings. The van der Waals surface area contributed by atoms with Gasteiger partial charge in [-0.2, -0.15) is 0 Å². The average molecular weight is 637 g/mol. The highest BCUT2D eigenvalue weighted by Crippen LogP contribution is 2.44. The van der Waals surface area contributed by atoms with Crippen molar-refractivity contribution in [1.82, 2.24) is 9.13 Å². The van der Waals surface area contributed by atoms with Crippen LogP contribution in [0.4, 0.5) is 0 Å². The van der Waals surface area contributed by atoms with Crippen molar-refractivity contribution in [3.63, 3.8) is 0 Å². The van der Waals surface area contributed by atoms with Gasteiger partial charge in [-0.1, -0.05) is 152 Å². The first kappa shape index (κ1) is 28.4. The van der Waals surface area contributed by atoms with Gasteiger partial charge in [0.05, 0.1) is 27.8 Å². The lowest BCUT2D eigenvalue weighted by molar-refractivity contribution is 1.18. The number of benzene rings is 8. The summed E-state index contributed by atoms with van der Waals surface area (Å²) in [5.41, 5.74) is 14.4. The third-order valence-corrected chi connectivity index (χ3v) is 10.1. The van der Waals surface area contributed by atoms with E-state index in [4.69, 9.17) is 0 Å². The van der Waals surface area contributed by atoms with Crippen LogP contribution in [-0.4, -0.2) is 9.13 Å². The second-order valence-electron chi connectivity index (χ2n) is 12.9. The minimum absolute atomic E-state index is 1.16. The number of nitrogens with zero attached hydrogens (tertiary/aromatic N) is 2. The minimum atomic E-state index is 1.16. The number of fused-ring (bicyclic) bond motifs is 6. The maximum atomic E-state index is 2.45. The highest BCUT2D eigenvalue weighted by molar-refractivity contribution is 6.15. The molecule has 50 heavy (non-hydrogen) atoms. The lowest BCUT2D eigenvalue weighted by Gasteiger charge is -2.18. The van der Waals surface area contributed by atoms with Gasteiger partial charge in [-0.25, -0.2) is 0 Å². The van der Waals surface area contributed by atoms with Gasteiger partial charge in [0.15, 0.2) is 0 Å². The highest BCUT2D eigenvalue weighted by atomic mass is 15.0. The van der Waals surface area contributed by atoms with Crippen molar-refractivity contribution in [3.8, 4) is 44.8 Å². The number of rotatable bonds is 5. The lowest BCUT2D eigenvalue weighted by atomic mass is 9.92. The Morgan fingerprint density at radius 2 is 0.800 bits per heavy atom. The summed E-state index contributed by atoms with van der Waals surface area (Å²) in [5, 5.41) is 5.01. The summed E-state index contributed by atoms with van der Waals surface area (Å²) in [6, 6.07) is 70.4. The van der Waals surface area contributed by atoms with Crippen LogP contribution in [0.5, 0.6) is 0 Å². The molecule has 2 heterocycles. The summed E-state index contributed by atoms with van der Waals surface area (Å²) in [4.78, 5) is 0. The van der Waals surface area contributed by atoms with E-state index in [0.717, 1.165) is 11.4 Å². The van der Waals surface area contributed by atoms with Crippen LogP contribution in [-0.2, 0) is 0 Å². The molecule has 0 saturated carbocycles. The standard InChI is InChI=1S/C48H32N2/c1-3-16-33(17-4-1)34-30-31-47-43(32-34)40-24-11-14-29-46(40)50(47)45-28-13-9-22-38(45)36-20-7-8-21-37(36)41-25-15-26-42-39-23-10-12-27-44(39)49(48(41)42)35-18-5-2-6-19-35/h1-32H. The van der Waals surface area contributed by atoms with Crippen molar-refractivity contribution < 1.29 is 0 Å². The molecular formula is C48H32N2. The second-order valence-corrected chi connectivity index (χ2v) is 12.9. The van der Waals surface area contributed by atoms with Crippen LogP contribution >= 0.6 is 0 Å². The van der Waals surface area contributed by atoms with Crippen LogP contribution in [0.25, 0.3) is 88.4 Å². The quantitative estimate of drug-likeness (QED) is 0.178. The number of aromatic nitrogens is 2. The average Bonchev–Trinajstić information content (AvgIpc) is 3.71. The molecule has 0 amide bonds. The van der Waals surface area contributed by atoms with Gasteiger partial charge >= 0.3 is 0 Å². The lowest BCUT2D eigenvalue weighted by Crippen LogP contribution is -1.99. The van der Waals surface area contributed by atoms with Crippen molar-refractivity contribution in [2.24, 2.45) is 0 Å². The summed E-state index contributed by atoms with van der Waals surface area (Å²) in [7, 11) is 0. The van der Waals surface area contributed by atoms with Gasteiger partial charge in [0.1, 0.15) is 0 Å². The Bertz CT molecular complexity index is 2860. The summed E-state index contributed by atoms with van der Waals surface area (Å²) >= 11 is 0. The van der Waals surface area contributed by atoms with E-state index in [9.17, 15) is 0 Å². The summed E-state index contributed by atoms with van der Waals surface area (Å²) in [6.07, 6.45) is 0. The zero-order chi connectivity index (χ0) is 33.0. The van der Waals surface area contributed by atoms with Crippen LogP contribution in [0.2, 0.25) is 0 Å². The molecular weight excluding hydrogens is 605 g/mol. The maximum absolute atomic E-state index is 2.45. The van der Waals surface area contributed by atoms with E-state index < -0.39 is 0 Å². The second kappa shape index (κ2) is 11.5. The van der Waals surface area contributed by atoms with Crippen LogP contribution in [0.15, 0.2) is 194 Å². The van der Waals surface area contributed by atoms with Crippen molar-refractivity contribution in [3.05, 3.63) is 194 Å². The molecule has 0 aliphatic carbocycles. The first-order chi connectivity index (χ1) is 24.8. The van der Waals surface area contributed by atoms with Gasteiger partial charge in [0.25, 0.3) is 0 Å². The van der Waals surface area contributed by atoms with Crippen LogP contribution in [0.3, 0.4) is 0 Å².